The van der Waals surface area contributed by atoms with Gasteiger partial charge in [-0.1, -0.05) is 64.3 Å². The number of ketones is 3. The summed E-state index contributed by atoms with van der Waals surface area (Å²) in [5.41, 5.74) is 0.644. The van der Waals surface area contributed by atoms with Crippen molar-refractivity contribution in [3.05, 3.63) is 34.9 Å². The van der Waals surface area contributed by atoms with E-state index in [-0.39, 0.29) is 73.3 Å². The third-order valence-corrected chi connectivity index (χ3v) is 12.6. The molecule has 0 spiro atoms. The predicted molar refractivity (Wildman–Crippen MR) is 189 cm³/mol. The number of aliphatic hydroxyl groups is 2. The molecule has 2 aliphatic carbocycles. The van der Waals surface area contributed by atoms with Crippen LogP contribution >= 0.6 is 0 Å². The van der Waals surface area contributed by atoms with Crippen LogP contribution in [0, 0.1) is 40.9 Å². The summed E-state index contributed by atoms with van der Waals surface area (Å²) in [5.74, 6) is -3.55. The molecule has 10 atom stereocenters. The van der Waals surface area contributed by atoms with Crippen molar-refractivity contribution in [1.29, 1.82) is 0 Å². The molecule has 2 fully saturated rings. The van der Waals surface area contributed by atoms with E-state index in [1.807, 2.05) is 54.5 Å². The normalized spacial score (nSPS) is 39.2. The molecule has 4 rings (SSSR count). The highest BCUT2D eigenvalue weighted by Gasteiger charge is 2.60. The Hall–Kier alpha value is -2.42. The molecule has 2 aliphatic heterocycles. The number of carbonyl (C=O) groups is 4. The first-order valence-corrected chi connectivity index (χ1v) is 18.7. The van der Waals surface area contributed by atoms with Gasteiger partial charge in [-0.3, -0.25) is 19.2 Å². The number of Topliss-reactive ketones (excluding diaryl/α,β-unsaturated/α-hetero) is 3. The zero-order valence-corrected chi connectivity index (χ0v) is 31.3. The number of methoxy groups -OCH3 is 1. The van der Waals surface area contributed by atoms with Crippen molar-refractivity contribution in [3.8, 4) is 0 Å². The second-order valence-corrected chi connectivity index (χ2v) is 16.7. The zero-order valence-electron chi connectivity index (χ0n) is 31.3. The molecular weight excluding hydrogens is 620 g/mol. The van der Waals surface area contributed by atoms with Crippen LogP contribution in [0.2, 0.25) is 0 Å². The number of esters is 1. The fourth-order valence-electron chi connectivity index (χ4n) is 9.26. The van der Waals surface area contributed by atoms with Gasteiger partial charge in [-0.25, -0.2) is 0 Å². The standard InChI is InChI=1S/C41H62O8/c1-23(2)29-21-32(42)26(5)12-10-11-24(3)18-33(43)30-19-28(7)38-31(41(30,22-35(29)45)39(47)48-9)17-25(4)13-14-37(46)40(8)16-15-36(49-40)27(6)20-34(38)44/h17,23-24,26,29-31,34,36-37,44,46H,6,10-16,18-22H2,1-5,7-9H3. The molecule has 1 saturated carbocycles. The van der Waals surface area contributed by atoms with Gasteiger partial charge in [-0.05, 0) is 82.3 Å². The maximum absolute atomic E-state index is 14.7. The summed E-state index contributed by atoms with van der Waals surface area (Å²) in [4.78, 5) is 57.3. The summed E-state index contributed by atoms with van der Waals surface area (Å²) in [7, 11) is 1.30. The van der Waals surface area contributed by atoms with E-state index in [0.717, 1.165) is 24.0 Å². The van der Waals surface area contributed by atoms with Crippen LogP contribution in [0.1, 0.15) is 126 Å². The van der Waals surface area contributed by atoms with E-state index in [9.17, 15) is 29.4 Å². The molecule has 2 heterocycles. The van der Waals surface area contributed by atoms with Gasteiger partial charge in [0.15, 0.2) is 0 Å². The summed E-state index contributed by atoms with van der Waals surface area (Å²) < 4.78 is 12.0. The van der Waals surface area contributed by atoms with Gasteiger partial charge in [0, 0.05) is 49.4 Å². The van der Waals surface area contributed by atoms with Gasteiger partial charge in [-0.15, -0.1) is 0 Å². The minimum Gasteiger partial charge on any atom is -0.469 e. The Morgan fingerprint density at radius 3 is 2.33 bits per heavy atom. The molecule has 8 heteroatoms. The Bertz CT molecular complexity index is 1360. The van der Waals surface area contributed by atoms with Gasteiger partial charge >= 0.3 is 5.97 Å². The molecule has 10 unspecified atom stereocenters. The third-order valence-electron chi connectivity index (χ3n) is 12.6. The topological polar surface area (TPSA) is 127 Å². The Kier molecular flexibility index (Phi) is 12.7. The minimum atomic E-state index is -1.63. The highest BCUT2D eigenvalue weighted by atomic mass is 16.5. The predicted octanol–water partition coefficient (Wildman–Crippen LogP) is 7.05. The fraction of sp³-hybridized carbons (Fsp3) is 0.756. The van der Waals surface area contributed by atoms with E-state index < -0.39 is 46.9 Å². The number of hydrogen-bond acceptors (Lipinski definition) is 8. The van der Waals surface area contributed by atoms with Crippen molar-refractivity contribution in [2.75, 3.05) is 7.11 Å². The maximum atomic E-state index is 14.7. The van der Waals surface area contributed by atoms with E-state index >= 15 is 0 Å². The van der Waals surface area contributed by atoms with E-state index in [1.165, 1.54) is 7.11 Å². The Balaban J connectivity index is 1.96. The second kappa shape index (κ2) is 15.9. The highest BCUT2D eigenvalue weighted by molar-refractivity contribution is 5.97. The van der Waals surface area contributed by atoms with Crippen molar-refractivity contribution in [2.24, 2.45) is 40.9 Å². The van der Waals surface area contributed by atoms with Crippen molar-refractivity contribution in [3.63, 3.8) is 0 Å². The average Bonchev–Trinajstić information content (AvgIpc) is 3.45. The quantitative estimate of drug-likeness (QED) is 0.234. The van der Waals surface area contributed by atoms with Crippen LogP contribution in [0.5, 0.6) is 0 Å². The van der Waals surface area contributed by atoms with Crippen LogP contribution in [0.3, 0.4) is 0 Å². The number of ether oxygens (including phenoxy) is 2. The molecule has 0 amide bonds. The van der Waals surface area contributed by atoms with Gasteiger partial charge in [0.1, 0.15) is 17.3 Å². The van der Waals surface area contributed by atoms with E-state index in [2.05, 4.69) is 6.58 Å². The lowest BCUT2D eigenvalue weighted by Gasteiger charge is -2.49. The number of rotatable bonds is 2. The maximum Gasteiger partial charge on any atom is 0.313 e. The Labute approximate surface area is 294 Å². The lowest BCUT2D eigenvalue weighted by Crippen LogP contribution is -2.54. The van der Waals surface area contributed by atoms with Crippen LogP contribution in [0.4, 0.5) is 0 Å². The van der Waals surface area contributed by atoms with Crippen LogP contribution in [-0.2, 0) is 28.7 Å². The SMILES string of the molecule is C=C1CC(O)C2=C(C)CC3C(=O)CC(C)CCCC(C)C(=O)CC(C(C)C)C(=O)CC3(C(=O)OC)C2C=C(C)CCC(O)C2(C)CCC1O2. The first-order valence-electron chi connectivity index (χ1n) is 18.7. The molecule has 49 heavy (non-hydrogen) atoms. The smallest absolute Gasteiger partial charge is 0.313 e. The highest BCUT2D eigenvalue weighted by Crippen LogP contribution is 2.55. The summed E-state index contributed by atoms with van der Waals surface area (Å²) in [5, 5.41) is 23.4. The molecule has 0 aromatic carbocycles. The monoisotopic (exact) mass is 682 g/mol. The zero-order chi connectivity index (χ0) is 36.4. The Morgan fingerprint density at radius 1 is 0.980 bits per heavy atom. The number of allylic oxidation sites excluding steroid dienone is 3. The molecule has 274 valence electrons. The second-order valence-electron chi connectivity index (χ2n) is 16.7. The van der Waals surface area contributed by atoms with Gasteiger partial charge in [0.25, 0.3) is 0 Å². The summed E-state index contributed by atoms with van der Waals surface area (Å²) in [6.45, 7) is 17.9. The van der Waals surface area contributed by atoms with Gasteiger partial charge in [-0.2, -0.15) is 0 Å². The molecule has 0 aromatic heterocycles. The number of carbonyl (C=O) groups excluding carboxylic acids is 4. The van der Waals surface area contributed by atoms with Gasteiger partial charge in [0.2, 0.25) is 0 Å². The number of hydrogen-bond donors (Lipinski definition) is 2. The molecule has 2 bridgehead atoms. The van der Waals surface area contributed by atoms with Crippen LogP contribution in [0.15, 0.2) is 34.9 Å². The Morgan fingerprint density at radius 2 is 1.67 bits per heavy atom. The third kappa shape index (κ3) is 8.23. The van der Waals surface area contributed by atoms with E-state index in [0.29, 0.717) is 43.3 Å². The van der Waals surface area contributed by atoms with Gasteiger partial charge < -0.3 is 19.7 Å². The van der Waals surface area contributed by atoms with E-state index in [1.54, 1.807) is 0 Å². The lowest BCUT2D eigenvalue weighted by molar-refractivity contribution is -0.166. The molecule has 4 aliphatic rings. The summed E-state index contributed by atoms with van der Waals surface area (Å²) >= 11 is 0. The molecular formula is C41H62O8. The van der Waals surface area contributed by atoms with Crippen LogP contribution < -0.4 is 0 Å². The van der Waals surface area contributed by atoms with Crippen LogP contribution in [0.25, 0.3) is 0 Å². The van der Waals surface area contributed by atoms with Crippen molar-refractivity contribution >= 4 is 23.3 Å². The molecule has 1 saturated heterocycles. The average molecular weight is 683 g/mol. The summed E-state index contributed by atoms with van der Waals surface area (Å²) in [6.07, 6.45) is 4.84. The molecule has 2 N–H and O–H groups in total. The van der Waals surface area contributed by atoms with E-state index in [4.69, 9.17) is 9.47 Å². The number of fused-ring (bicyclic) bond motifs is 5. The summed E-state index contributed by atoms with van der Waals surface area (Å²) in [6, 6.07) is 0. The molecule has 8 nitrogen and oxygen atoms in total. The lowest BCUT2D eigenvalue weighted by atomic mass is 9.53. The first kappa shape index (κ1) is 39.4. The largest absolute Gasteiger partial charge is 0.469 e. The molecule has 0 radical (unpaired) electrons. The fourth-order valence-corrected chi connectivity index (χ4v) is 9.26. The van der Waals surface area contributed by atoms with Crippen LogP contribution in [-0.4, -0.2) is 64.6 Å². The van der Waals surface area contributed by atoms with Crippen molar-refractivity contribution < 1.29 is 38.9 Å². The minimum absolute atomic E-state index is 0.0300. The first-order chi connectivity index (χ1) is 22.9. The van der Waals surface area contributed by atoms with Gasteiger partial charge in [0.05, 0.1) is 36.4 Å². The molecule has 0 aromatic rings. The number of aliphatic hydroxyl groups excluding tert-OH is 2. The van der Waals surface area contributed by atoms with Crippen molar-refractivity contribution in [2.45, 2.75) is 149 Å². The van der Waals surface area contributed by atoms with Crippen molar-refractivity contribution in [1.82, 2.24) is 0 Å².